The number of nitro groups is 1. The van der Waals surface area contributed by atoms with E-state index in [1.54, 1.807) is 24.3 Å². The van der Waals surface area contributed by atoms with Crippen LogP contribution in [0.3, 0.4) is 0 Å². The molecule has 21 heavy (non-hydrogen) atoms. The van der Waals surface area contributed by atoms with Gasteiger partial charge in [0.25, 0.3) is 0 Å². The lowest BCUT2D eigenvalue weighted by Crippen LogP contribution is -2.18. The topological polar surface area (TPSA) is 98.3 Å². The molecule has 1 unspecified atom stereocenters. The first-order valence-corrected chi connectivity index (χ1v) is 6.41. The maximum atomic E-state index is 11.5. The number of nitrogens with zero attached hydrogens (tertiary/aromatic N) is 3. The van der Waals surface area contributed by atoms with E-state index in [-0.39, 0.29) is 12.1 Å². The number of carboxylic acids is 1. The predicted molar refractivity (Wildman–Crippen MR) is 75.4 cm³/mol. The number of carboxylic acid groups (broad SMARTS) is 1. The maximum Gasteiger partial charge on any atom is 0.385 e. The molecule has 1 aromatic carbocycles. The molecule has 110 valence electrons. The van der Waals surface area contributed by atoms with Crippen molar-refractivity contribution in [1.82, 2.24) is 9.55 Å². The van der Waals surface area contributed by atoms with Gasteiger partial charge in [-0.1, -0.05) is 29.8 Å². The van der Waals surface area contributed by atoms with Gasteiger partial charge in [0, 0.05) is 12.1 Å². The van der Waals surface area contributed by atoms with Crippen LogP contribution < -0.4 is 0 Å². The molecule has 2 rings (SSSR count). The second-order valence-corrected chi connectivity index (χ2v) is 4.91. The Balaban J connectivity index is 2.46. The number of aliphatic carboxylic acids is 1. The number of hydrogen-bond donors (Lipinski definition) is 1. The Labute approximate surface area is 124 Å². The molecule has 0 spiro atoms. The van der Waals surface area contributed by atoms with E-state index in [9.17, 15) is 20.0 Å². The average Bonchev–Trinajstić information content (AvgIpc) is 2.79. The molecule has 0 aliphatic carbocycles. The highest BCUT2D eigenvalue weighted by Crippen LogP contribution is 2.30. The fraction of sp³-hybridized carbons (Fsp3) is 0.231. The molecule has 1 aromatic heterocycles. The molecule has 1 heterocycles. The molecular weight excluding hydrogens is 298 g/mol. The van der Waals surface area contributed by atoms with Crippen LogP contribution in [0.5, 0.6) is 0 Å². The summed E-state index contributed by atoms with van der Waals surface area (Å²) in [5.74, 6) is -2.71. The van der Waals surface area contributed by atoms with E-state index in [4.69, 9.17) is 11.6 Å². The van der Waals surface area contributed by atoms with Gasteiger partial charge < -0.3 is 19.8 Å². The van der Waals surface area contributed by atoms with Gasteiger partial charge in [0.1, 0.15) is 11.6 Å². The molecule has 0 aliphatic heterocycles. The highest BCUT2D eigenvalue weighted by atomic mass is 35.5. The second kappa shape index (κ2) is 5.92. The number of halogens is 1. The molecule has 1 atom stereocenters. The standard InChI is InChI=1S/C13H12ClN3O4/c1-16-7-15-12(17(20)21)11(16)9(13(18)19)6-8-4-2-3-5-10(8)14/h2-5,7,9H,6H2,1H3,(H,18,19). The third-order valence-corrected chi connectivity index (χ3v) is 3.51. The summed E-state index contributed by atoms with van der Waals surface area (Å²) >= 11 is 6.03. The van der Waals surface area contributed by atoms with Crippen molar-refractivity contribution in [2.45, 2.75) is 12.3 Å². The van der Waals surface area contributed by atoms with Crippen molar-refractivity contribution in [3.63, 3.8) is 0 Å². The number of imidazole rings is 1. The van der Waals surface area contributed by atoms with E-state index in [0.717, 1.165) is 0 Å². The number of aromatic nitrogens is 2. The van der Waals surface area contributed by atoms with Crippen LogP contribution in [-0.4, -0.2) is 25.6 Å². The first-order valence-electron chi connectivity index (χ1n) is 6.03. The summed E-state index contributed by atoms with van der Waals surface area (Å²) in [6.45, 7) is 0. The van der Waals surface area contributed by atoms with Crippen LogP contribution in [0.25, 0.3) is 0 Å². The Morgan fingerprint density at radius 3 is 2.76 bits per heavy atom. The molecule has 8 heteroatoms. The van der Waals surface area contributed by atoms with Gasteiger partial charge in [-0.2, -0.15) is 0 Å². The molecule has 0 bridgehead atoms. The van der Waals surface area contributed by atoms with Crippen molar-refractivity contribution in [2.75, 3.05) is 0 Å². The van der Waals surface area contributed by atoms with Gasteiger partial charge in [-0.15, -0.1) is 0 Å². The zero-order valence-electron chi connectivity index (χ0n) is 11.1. The predicted octanol–water partition coefficient (Wildman–Crippen LogP) is 2.39. The number of hydrogen-bond acceptors (Lipinski definition) is 4. The van der Waals surface area contributed by atoms with Gasteiger partial charge in [-0.05, 0) is 28.0 Å². The lowest BCUT2D eigenvalue weighted by molar-refractivity contribution is -0.390. The van der Waals surface area contributed by atoms with E-state index in [2.05, 4.69) is 4.98 Å². The zero-order chi connectivity index (χ0) is 15.6. The van der Waals surface area contributed by atoms with E-state index < -0.39 is 22.6 Å². The SMILES string of the molecule is Cn1cnc([N+](=O)[O-])c1C(Cc1ccccc1Cl)C(=O)O. The molecule has 0 amide bonds. The van der Waals surface area contributed by atoms with Gasteiger partial charge in [-0.25, -0.2) is 0 Å². The van der Waals surface area contributed by atoms with Crippen LogP contribution in [0.1, 0.15) is 17.2 Å². The van der Waals surface area contributed by atoms with Gasteiger partial charge in [0.15, 0.2) is 0 Å². The molecule has 0 fully saturated rings. The van der Waals surface area contributed by atoms with Crippen molar-refractivity contribution >= 4 is 23.4 Å². The quantitative estimate of drug-likeness (QED) is 0.675. The minimum absolute atomic E-state index is 0.0485. The van der Waals surface area contributed by atoms with Gasteiger partial charge in [0.2, 0.25) is 6.33 Å². The van der Waals surface area contributed by atoms with E-state index in [1.165, 1.54) is 17.9 Å². The average molecular weight is 310 g/mol. The van der Waals surface area contributed by atoms with Gasteiger partial charge >= 0.3 is 11.8 Å². The largest absolute Gasteiger partial charge is 0.481 e. The second-order valence-electron chi connectivity index (χ2n) is 4.51. The van der Waals surface area contributed by atoms with Crippen molar-refractivity contribution < 1.29 is 14.8 Å². The van der Waals surface area contributed by atoms with E-state index in [1.807, 2.05) is 0 Å². The minimum atomic E-state index is -1.17. The van der Waals surface area contributed by atoms with E-state index in [0.29, 0.717) is 10.6 Å². The Bertz CT molecular complexity index is 698. The third kappa shape index (κ3) is 3.03. The van der Waals surface area contributed by atoms with Crippen molar-refractivity contribution in [3.05, 3.63) is 57.0 Å². The van der Waals surface area contributed by atoms with Crippen LogP contribution in [-0.2, 0) is 18.3 Å². The molecule has 1 N–H and O–H groups in total. The van der Waals surface area contributed by atoms with Crippen LogP contribution in [0, 0.1) is 10.1 Å². The van der Waals surface area contributed by atoms with Crippen LogP contribution in [0.2, 0.25) is 5.02 Å². The Morgan fingerprint density at radius 1 is 1.52 bits per heavy atom. The molecule has 0 saturated heterocycles. The smallest absolute Gasteiger partial charge is 0.385 e. The zero-order valence-corrected chi connectivity index (χ0v) is 11.8. The number of rotatable bonds is 5. The summed E-state index contributed by atoms with van der Waals surface area (Å²) in [7, 11) is 1.53. The highest BCUT2D eigenvalue weighted by Gasteiger charge is 2.33. The lowest BCUT2D eigenvalue weighted by Gasteiger charge is -2.13. The first kappa shape index (κ1) is 15.0. The van der Waals surface area contributed by atoms with Gasteiger partial charge in [0.05, 0.1) is 0 Å². The molecular formula is C13H12ClN3O4. The number of aryl methyl sites for hydroxylation is 1. The molecule has 7 nitrogen and oxygen atoms in total. The Kier molecular flexibility index (Phi) is 4.23. The van der Waals surface area contributed by atoms with Crippen LogP contribution in [0.4, 0.5) is 5.82 Å². The molecule has 0 aliphatic rings. The fourth-order valence-electron chi connectivity index (χ4n) is 2.15. The van der Waals surface area contributed by atoms with E-state index >= 15 is 0 Å². The normalized spacial score (nSPS) is 12.1. The summed E-state index contributed by atoms with van der Waals surface area (Å²) < 4.78 is 1.35. The monoisotopic (exact) mass is 309 g/mol. The fourth-order valence-corrected chi connectivity index (χ4v) is 2.37. The van der Waals surface area contributed by atoms with Crippen molar-refractivity contribution in [3.8, 4) is 0 Å². The molecule has 0 saturated carbocycles. The van der Waals surface area contributed by atoms with Crippen molar-refractivity contribution in [1.29, 1.82) is 0 Å². The molecule has 0 radical (unpaired) electrons. The number of carbonyl (C=O) groups is 1. The first-order chi connectivity index (χ1) is 9.91. The summed E-state index contributed by atoms with van der Waals surface area (Å²) in [4.78, 5) is 25.5. The van der Waals surface area contributed by atoms with Crippen LogP contribution in [0.15, 0.2) is 30.6 Å². The Hall–Kier alpha value is -2.41. The summed E-state index contributed by atoms with van der Waals surface area (Å²) in [6.07, 6.45) is 1.28. The van der Waals surface area contributed by atoms with Crippen molar-refractivity contribution in [2.24, 2.45) is 7.05 Å². The number of benzene rings is 1. The summed E-state index contributed by atoms with van der Waals surface area (Å²) in [5, 5.41) is 20.8. The Morgan fingerprint density at radius 2 is 2.19 bits per heavy atom. The minimum Gasteiger partial charge on any atom is -0.481 e. The summed E-state index contributed by atoms with van der Waals surface area (Å²) in [6, 6.07) is 6.81. The highest BCUT2D eigenvalue weighted by molar-refractivity contribution is 6.31. The van der Waals surface area contributed by atoms with Crippen LogP contribution >= 0.6 is 11.6 Å². The summed E-state index contributed by atoms with van der Waals surface area (Å²) in [5.41, 5.74) is 0.662. The molecule has 2 aromatic rings. The lowest BCUT2D eigenvalue weighted by atomic mass is 9.96. The maximum absolute atomic E-state index is 11.5. The van der Waals surface area contributed by atoms with Gasteiger partial charge in [-0.3, -0.25) is 4.79 Å². The third-order valence-electron chi connectivity index (χ3n) is 3.15.